The first kappa shape index (κ1) is 18.5. The largest absolute Gasteiger partial charge is 0.451 e. The summed E-state index contributed by atoms with van der Waals surface area (Å²) in [6.45, 7) is 3.45. The highest BCUT2D eigenvalue weighted by Crippen LogP contribution is 2.23. The van der Waals surface area contributed by atoms with Gasteiger partial charge in [-0.15, -0.1) is 0 Å². The number of carbonyl (C=O) groups excluding carboxylic acids is 1. The van der Waals surface area contributed by atoms with Crippen LogP contribution in [0.3, 0.4) is 0 Å². The quantitative estimate of drug-likeness (QED) is 0.677. The molecule has 2 aromatic carbocycles. The van der Waals surface area contributed by atoms with Gasteiger partial charge in [-0.1, -0.05) is 43.3 Å². The maximum absolute atomic E-state index is 12.9. The molecule has 1 aliphatic heterocycles. The number of aryl methyl sites for hydroxylation is 1. The van der Waals surface area contributed by atoms with E-state index in [1.807, 2.05) is 30.0 Å². The van der Waals surface area contributed by atoms with E-state index in [4.69, 9.17) is 4.42 Å². The molecule has 4 nitrogen and oxygen atoms in total. The van der Waals surface area contributed by atoms with Crippen LogP contribution in [0.4, 0.5) is 0 Å². The molecular weight excluding hydrogens is 350 g/mol. The molecule has 0 spiro atoms. The molecule has 4 rings (SSSR count). The molecule has 4 heteroatoms. The van der Waals surface area contributed by atoms with Gasteiger partial charge in [-0.2, -0.15) is 0 Å². The summed E-state index contributed by atoms with van der Waals surface area (Å²) in [7, 11) is 0. The van der Waals surface area contributed by atoms with Gasteiger partial charge in [-0.05, 0) is 54.9 Å². The predicted octanol–water partition coefficient (Wildman–Crippen LogP) is 4.45. The lowest BCUT2D eigenvalue weighted by atomic mass is 9.90. The van der Waals surface area contributed by atoms with Gasteiger partial charge in [0.05, 0.1) is 5.39 Å². The standard InChI is InChI=1S/C24H25NO3/c1-2-17-8-9-22-20(15-17)21(26)16-23(28-22)24(27)25-12-10-19(11-13-25)14-18-6-4-3-5-7-18/h3-9,15-16,19H,2,10-14H2,1H3. The van der Waals surface area contributed by atoms with Gasteiger partial charge in [0.1, 0.15) is 5.58 Å². The second-order valence-corrected chi connectivity index (χ2v) is 7.58. The van der Waals surface area contributed by atoms with Crippen molar-refractivity contribution in [1.29, 1.82) is 0 Å². The molecular formula is C24H25NO3. The first-order chi connectivity index (χ1) is 13.6. The van der Waals surface area contributed by atoms with Crippen LogP contribution in [0, 0.1) is 5.92 Å². The van der Waals surface area contributed by atoms with E-state index in [1.54, 1.807) is 6.07 Å². The minimum Gasteiger partial charge on any atom is -0.451 e. The molecule has 0 N–H and O–H groups in total. The van der Waals surface area contributed by atoms with Gasteiger partial charge in [-0.25, -0.2) is 0 Å². The summed E-state index contributed by atoms with van der Waals surface area (Å²) in [5.41, 5.74) is 2.75. The number of nitrogens with zero attached hydrogens (tertiary/aromatic N) is 1. The van der Waals surface area contributed by atoms with E-state index in [9.17, 15) is 9.59 Å². The third kappa shape index (κ3) is 3.86. The van der Waals surface area contributed by atoms with E-state index >= 15 is 0 Å². The average Bonchev–Trinajstić information content (AvgIpc) is 2.74. The van der Waals surface area contributed by atoms with E-state index in [0.717, 1.165) is 31.2 Å². The van der Waals surface area contributed by atoms with Gasteiger partial charge < -0.3 is 9.32 Å². The fourth-order valence-electron chi connectivity index (χ4n) is 3.97. The summed E-state index contributed by atoms with van der Waals surface area (Å²) < 4.78 is 5.79. The zero-order valence-electron chi connectivity index (χ0n) is 16.2. The highest BCUT2D eigenvalue weighted by atomic mass is 16.3. The van der Waals surface area contributed by atoms with Crippen LogP contribution in [-0.4, -0.2) is 23.9 Å². The van der Waals surface area contributed by atoms with Crippen molar-refractivity contribution in [2.45, 2.75) is 32.6 Å². The second-order valence-electron chi connectivity index (χ2n) is 7.58. The summed E-state index contributed by atoms with van der Waals surface area (Å²) in [4.78, 5) is 27.2. The van der Waals surface area contributed by atoms with Crippen molar-refractivity contribution in [3.05, 3.63) is 81.7 Å². The maximum Gasteiger partial charge on any atom is 0.289 e. The molecule has 0 unspecified atom stereocenters. The number of rotatable bonds is 4. The Labute approximate surface area is 164 Å². The van der Waals surface area contributed by atoms with Crippen LogP contribution in [0.1, 0.15) is 41.4 Å². The zero-order chi connectivity index (χ0) is 19.5. The number of carbonyl (C=O) groups is 1. The van der Waals surface area contributed by atoms with E-state index in [1.165, 1.54) is 11.6 Å². The number of hydrogen-bond acceptors (Lipinski definition) is 3. The lowest BCUT2D eigenvalue weighted by molar-refractivity contribution is 0.0659. The molecule has 0 saturated carbocycles. The summed E-state index contributed by atoms with van der Waals surface area (Å²) in [5, 5.41) is 0.539. The van der Waals surface area contributed by atoms with Crippen LogP contribution >= 0.6 is 0 Å². The fraction of sp³-hybridized carbons (Fsp3) is 0.333. The number of hydrogen-bond donors (Lipinski definition) is 0. The van der Waals surface area contributed by atoms with E-state index < -0.39 is 0 Å². The minimum atomic E-state index is -0.184. The highest BCUT2D eigenvalue weighted by molar-refractivity contribution is 5.93. The third-order valence-corrected chi connectivity index (χ3v) is 5.68. The van der Waals surface area contributed by atoms with Gasteiger partial charge in [0.25, 0.3) is 5.91 Å². The summed E-state index contributed by atoms with van der Waals surface area (Å²) in [6, 6.07) is 17.4. The molecule has 1 fully saturated rings. The Kier molecular flexibility index (Phi) is 5.29. The Morgan fingerprint density at radius 1 is 1.04 bits per heavy atom. The Morgan fingerprint density at radius 2 is 1.79 bits per heavy atom. The van der Waals surface area contributed by atoms with Crippen molar-refractivity contribution in [3.8, 4) is 0 Å². The first-order valence-corrected chi connectivity index (χ1v) is 10.0. The van der Waals surface area contributed by atoms with Crippen molar-refractivity contribution in [2.24, 2.45) is 5.92 Å². The SMILES string of the molecule is CCc1ccc2oc(C(=O)N3CCC(Cc4ccccc4)CC3)cc(=O)c2c1. The third-order valence-electron chi connectivity index (χ3n) is 5.68. The molecule has 1 saturated heterocycles. The van der Waals surface area contributed by atoms with Gasteiger partial charge >= 0.3 is 0 Å². The van der Waals surface area contributed by atoms with Crippen LogP contribution in [0.15, 0.2) is 63.8 Å². The molecule has 1 aromatic heterocycles. The van der Waals surface area contributed by atoms with Crippen molar-refractivity contribution in [2.75, 3.05) is 13.1 Å². The number of amides is 1. The normalized spacial score (nSPS) is 15.1. The van der Waals surface area contributed by atoms with Gasteiger partial charge in [0.2, 0.25) is 0 Å². The van der Waals surface area contributed by atoms with E-state index in [2.05, 4.69) is 24.3 Å². The second kappa shape index (κ2) is 8.01. The van der Waals surface area contributed by atoms with Crippen molar-refractivity contribution in [3.63, 3.8) is 0 Å². The number of fused-ring (bicyclic) bond motifs is 1. The van der Waals surface area contributed by atoms with Crippen LogP contribution in [0.2, 0.25) is 0 Å². The maximum atomic E-state index is 12.9. The van der Waals surface area contributed by atoms with Crippen molar-refractivity contribution >= 4 is 16.9 Å². The molecule has 0 bridgehead atoms. The molecule has 1 amide bonds. The van der Waals surface area contributed by atoms with Crippen molar-refractivity contribution < 1.29 is 9.21 Å². The molecule has 144 valence electrons. The Balaban J connectivity index is 1.46. The topological polar surface area (TPSA) is 50.5 Å². The molecule has 2 heterocycles. The predicted molar refractivity (Wildman–Crippen MR) is 111 cm³/mol. The Morgan fingerprint density at radius 3 is 2.50 bits per heavy atom. The van der Waals surface area contributed by atoms with Crippen LogP contribution in [0.25, 0.3) is 11.0 Å². The van der Waals surface area contributed by atoms with Crippen molar-refractivity contribution in [1.82, 2.24) is 4.90 Å². The summed E-state index contributed by atoms with van der Waals surface area (Å²) in [5.74, 6) is 0.544. The lowest BCUT2D eigenvalue weighted by Crippen LogP contribution is -2.39. The molecule has 3 aromatic rings. The average molecular weight is 375 g/mol. The molecule has 28 heavy (non-hydrogen) atoms. The van der Waals surface area contributed by atoms with Gasteiger partial charge in [0, 0.05) is 19.2 Å². The number of piperidine rings is 1. The van der Waals surface area contributed by atoms with Crippen LogP contribution < -0.4 is 5.43 Å². The smallest absolute Gasteiger partial charge is 0.289 e. The lowest BCUT2D eigenvalue weighted by Gasteiger charge is -2.31. The Hall–Kier alpha value is -2.88. The minimum absolute atomic E-state index is 0.142. The summed E-state index contributed by atoms with van der Waals surface area (Å²) >= 11 is 0. The monoisotopic (exact) mass is 375 g/mol. The molecule has 0 radical (unpaired) electrons. The van der Waals surface area contributed by atoms with Crippen LogP contribution in [-0.2, 0) is 12.8 Å². The fourth-order valence-corrected chi connectivity index (χ4v) is 3.97. The zero-order valence-corrected chi connectivity index (χ0v) is 16.2. The first-order valence-electron chi connectivity index (χ1n) is 10.0. The van der Waals surface area contributed by atoms with Crippen LogP contribution in [0.5, 0.6) is 0 Å². The number of likely N-dealkylation sites (tertiary alicyclic amines) is 1. The van der Waals surface area contributed by atoms with Gasteiger partial charge in [-0.3, -0.25) is 9.59 Å². The summed E-state index contributed by atoms with van der Waals surface area (Å²) in [6.07, 6.45) is 3.85. The van der Waals surface area contributed by atoms with Gasteiger partial charge in [0.15, 0.2) is 11.2 Å². The Bertz CT molecular complexity index is 1030. The van der Waals surface area contributed by atoms with E-state index in [-0.39, 0.29) is 17.1 Å². The number of benzene rings is 2. The molecule has 0 aliphatic carbocycles. The molecule has 0 atom stereocenters. The highest BCUT2D eigenvalue weighted by Gasteiger charge is 2.25. The molecule has 1 aliphatic rings. The van der Waals surface area contributed by atoms with E-state index in [0.29, 0.717) is 30.0 Å².